The van der Waals surface area contributed by atoms with Crippen LogP contribution in [0.15, 0.2) is 72.8 Å². The fraction of sp³-hybridized carbons (Fsp3) is 0.154. The van der Waals surface area contributed by atoms with Gasteiger partial charge in [-0.15, -0.1) is 0 Å². The molecule has 2 amide bonds. The zero-order valence-corrected chi connectivity index (χ0v) is 18.8. The molecule has 3 rings (SSSR count). The highest BCUT2D eigenvalue weighted by molar-refractivity contribution is 6.09. The number of ether oxygens (including phenoxy) is 2. The average molecular weight is 460 g/mol. The summed E-state index contributed by atoms with van der Waals surface area (Å²) in [5.74, 6) is -1.68. The quantitative estimate of drug-likeness (QED) is 0.478. The van der Waals surface area contributed by atoms with Crippen molar-refractivity contribution in [1.82, 2.24) is 0 Å². The van der Waals surface area contributed by atoms with Gasteiger partial charge in [0.15, 0.2) is 0 Å². The number of anilines is 2. The number of benzene rings is 3. The summed E-state index contributed by atoms with van der Waals surface area (Å²) in [6.45, 7) is 4.01. The maximum Gasteiger partial charge on any atom is 0.338 e. The van der Waals surface area contributed by atoms with Crippen molar-refractivity contribution in [2.75, 3.05) is 23.8 Å². The number of esters is 2. The first-order valence-corrected chi connectivity index (χ1v) is 10.7. The second-order valence-electron chi connectivity index (χ2n) is 7.08. The molecule has 0 aliphatic heterocycles. The Labute approximate surface area is 196 Å². The Morgan fingerprint density at radius 1 is 0.588 bits per heavy atom. The molecule has 0 spiro atoms. The largest absolute Gasteiger partial charge is 0.462 e. The molecule has 3 aromatic carbocycles. The lowest BCUT2D eigenvalue weighted by atomic mass is 10.1. The molecule has 2 N–H and O–H groups in total. The van der Waals surface area contributed by atoms with Gasteiger partial charge in [-0.1, -0.05) is 6.07 Å². The van der Waals surface area contributed by atoms with Crippen molar-refractivity contribution in [2.24, 2.45) is 0 Å². The average Bonchev–Trinajstić information content (AvgIpc) is 2.85. The molecule has 0 aliphatic carbocycles. The van der Waals surface area contributed by atoms with E-state index in [2.05, 4.69) is 10.6 Å². The molecule has 0 heterocycles. The van der Waals surface area contributed by atoms with Gasteiger partial charge < -0.3 is 20.1 Å². The van der Waals surface area contributed by atoms with Crippen molar-refractivity contribution in [3.8, 4) is 0 Å². The highest BCUT2D eigenvalue weighted by Crippen LogP contribution is 2.15. The third kappa shape index (κ3) is 6.29. The smallest absolute Gasteiger partial charge is 0.338 e. The Hall–Kier alpha value is -4.46. The van der Waals surface area contributed by atoms with Crippen molar-refractivity contribution >= 4 is 35.1 Å². The number of hydrogen-bond donors (Lipinski definition) is 2. The molecule has 0 saturated carbocycles. The second-order valence-corrected chi connectivity index (χ2v) is 7.08. The van der Waals surface area contributed by atoms with Crippen LogP contribution in [0, 0.1) is 0 Å². The summed E-state index contributed by atoms with van der Waals surface area (Å²) in [5.41, 5.74) is 2.34. The van der Waals surface area contributed by atoms with Crippen LogP contribution >= 0.6 is 0 Å². The zero-order valence-electron chi connectivity index (χ0n) is 18.8. The predicted molar refractivity (Wildman–Crippen MR) is 127 cm³/mol. The fourth-order valence-electron chi connectivity index (χ4n) is 3.02. The van der Waals surface area contributed by atoms with Gasteiger partial charge >= 0.3 is 11.9 Å². The fourth-order valence-corrected chi connectivity index (χ4v) is 3.02. The molecule has 0 unspecified atom stereocenters. The first-order chi connectivity index (χ1) is 16.4. The molecule has 174 valence electrons. The van der Waals surface area contributed by atoms with Crippen LogP contribution in [0.2, 0.25) is 0 Å². The first kappa shape index (κ1) is 24.2. The van der Waals surface area contributed by atoms with Gasteiger partial charge in [0.05, 0.1) is 24.3 Å². The van der Waals surface area contributed by atoms with Crippen LogP contribution in [0.25, 0.3) is 0 Å². The van der Waals surface area contributed by atoms with E-state index in [-0.39, 0.29) is 13.2 Å². The monoisotopic (exact) mass is 460 g/mol. The van der Waals surface area contributed by atoms with Crippen LogP contribution in [0.5, 0.6) is 0 Å². The Morgan fingerprint density at radius 3 is 1.32 bits per heavy atom. The minimum atomic E-state index is -0.436. The summed E-state index contributed by atoms with van der Waals surface area (Å²) in [4.78, 5) is 48.8. The zero-order chi connectivity index (χ0) is 24.5. The highest BCUT2D eigenvalue weighted by Gasteiger charge is 2.13. The summed E-state index contributed by atoms with van der Waals surface area (Å²) in [5, 5.41) is 5.47. The molecule has 8 heteroatoms. The van der Waals surface area contributed by atoms with Crippen LogP contribution in [0.3, 0.4) is 0 Å². The van der Waals surface area contributed by atoms with Gasteiger partial charge in [-0.25, -0.2) is 9.59 Å². The van der Waals surface area contributed by atoms with Crippen molar-refractivity contribution in [2.45, 2.75) is 13.8 Å². The maximum absolute atomic E-state index is 12.6. The van der Waals surface area contributed by atoms with Crippen LogP contribution < -0.4 is 10.6 Å². The van der Waals surface area contributed by atoms with Gasteiger partial charge in [-0.3, -0.25) is 9.59 Å². The number of hydrogen-bond acceptors (Lipinski definition) is 6. The van der Waals surface area contributed by atoms with E-state index in [1.165, 1.54) is 6.07 Å². The lowest BCUT2D eigenvalue weighted by Crippen LogP contribution is -2.15. The molecule has 0 aromatic heterocycles. The van der Waals surface area contributed by atoms with E-state index in [9.17, 15) is 19.2 Å². The Bertz CT molecular complexity index is 1100. The van der Waals surface area contributed by atoms with E-state index in [1.54, 1.807) is 80.6 Å². The van der Waals surface area contributed by atoms with Crippen molar-refractivity contribution in [1.29, 1.82) is 0 Å². The van der Waals surface area contributed by atoms with E-state index in [4.69, 9.17) is 9.47 Å². The SMILES string of the molecule is CCOC(=O)c1ccc(NC(=O)c2cccc(C(=O)Nc3ccc(C(=O)OCC)cc3)c2)cc1. The number of rotatable bonds is 8. The first-order valence-electron chi connectivity index (χ1n) is 10.7. The molecule has 34 heavy (non-hydrogen) atoms. The molecule has 0 aliphatic rings. The van der Waals surface area contributed by atoms with Gasteiger partial charge in [0.25, 0.3) is 11.8 Å². The van der Waals surface area contributed by atoms with Crippen LogP contribution in [-0.2, 0) is 9.47 Å². The minimum Gasteiger partial charge on any atom is -0.462 e. The van der Waals surface area contributed by atoms with Crippen LogP contribution in [0.1, 0.15) is 55.3 Å². The van der Waals surface area contributed by atoms with Crippen molar-refractivity contribution in [3.05, 3.63) is 95.1 Å². The number of amides is 2. The van der Waals surface area contributed by atoms with Crippen LogP contribution in [0.4, 0.5) is 11.4 Å². The molecule has 0 bridgehead atoms. The summed E-state index contributed by atoms with van der Waals surface area (Å²) in [6.07, 6.45) is 0. The number of carbonyl (C=O) groups excluding carboxylic acids is 4. The molecule has 0 radical (unpaired) electrons. The Balaban J connectivity index is 1.64. The third-order valence-corrected chi connectivity index (χ3v) is 4.69. The van der Waals surface area contributed by atoms with E-state index in [0.29, 0.717) is 33.6 Å². The highest BCUT2D eigenvalue weighted by atomic mass is 16.5. The molecule has 0 atom stereocenters. The topological polar surface area (TPSA) is 111 Å². The minimum absolute atomic E-state index is 0.278. The third-order valence-electron chi connectivity index (χ3n) is 4.69. The number of carbonyl (C=O) groups is 4. The lowest BCUT2D eigenvalue weighted by molar-refractivity contribution is 0.0517. The Morgan fingerprint density at radius 2 is 0.971 bits per heavy atom. The molecular weight excluding hydrogens is 436 g/mol. The summed E-state index contributed by atoms with van der Waals surface area (Å²) >= 11 is 0. The standard InChI is InChI=1S/C26H24N2O6/c1-3-33-25(31)17-8-12-21(13-9-17)27-23(29)19-6-5-7-20(16-19)24(30)28-22-14-10-18(11-15-22)26(32)34-4-2/h5-16H,3-4H2,1-2H3,(H,27,29)(H,28,30). The van der Waals surface area contributed by atoms with E-state index < -0.39 is 23.8 Å². The molecule has 0 saturated heterocycles. The van der Waals surface area contributed by atoms with E-state index in [1.807, 2.05) is 0 Å². The Kier molecular flexibility index (Phi) is 8.12. The normalized spacial score (nSPS) is 10.2. The van der Waals surface area contributed by atoms with Gasteiger partial charge in [0.1, 0.15) is 0 Å². The molecule has 0 fully saturated rings. The molecule has 3 aromatic rings. The van der Waals surface area contributed by atoms with E-state index >= 15 is 0 Å². The van der Waals surface area contributed by atoms with Gasteiger partial charge in [-0.2, -0.15) is 0 Å². The summed E-state index contributed by atoms with van der Waals surface area (Å²) in [7, 11) is 0. The molecule has 8 nitrogen and oxygen atoms in total. The maximum atomic E-state index is 12.6. The summed E-state index contributed by atoms with van der Waals surface area (Å²) < 4.78 is 9.88. The van der Waals surface area contributed by atoms with E-state index in [0.717, 1.165) is 0 Å². The lowest BCUT2D eigenvalue weighted by Gasteiger charge is -2.09. The summed E-state index contributed by atoms with van der Waals surface area (Å²) in [6, 6.07) is 18.9. The number of nitrogens with one attached hydrogen (secondary N) is 2. The molecular formula is C26H24N2O6. The van der Waals surface area contributed by atoms with Gasteiger partial charge in [0.2, 0.25) is 0 Å². The van der Waals surface area contributed by atoms with Gasteiger partial charge in [-0.05, 0) is 80.6 Å². The second kappa shape index (κ2) is 11.4. The predicted octanol–water partition coefficient (Wildman–Crippen LogP) is 4.54. The van der Waals surface area contributed by atoms with Crippen molar-refractivity contribution < 1.29 is 28.7 Å². The van der Waals surface area contributed by atoms with Gasteiger partial charge in [0, 0.05) is 22.5 Å². The van der Waals surface area contributed by atoms with Crippen LogP contribution in [-0.4, -0.2) is 37.0 Å². The van der Waals surface area contributed by atoms with Crippen molar-refractivity contribution in [3.63, 3.8) is 0 Å².